The van der Waals surface area contributed by atoms with Crippen LogP contribution in [0.1, 0.15) is 18.9 Å². The minimum atomic E-state index is -1.15. The smallest absolute Gasteiger partial charge is 0.332 e. The van der Waals surface area contributed by atoms with Gasteiger partial charge in [0.25, 0.3) is 0 Å². The van der Waals surface area contributed by atoms with Crippen LogP contribution in [-0.4, -0.2) is 51.3 Å². The van der Waals surface area contributed by atoms with Crippen molar-refractivity contribution in [2.45, 2.75) is 18.9 Å². The SMILES string of the molecule is CCOC(=O)C(N)(CN(C)CCCOC)c1ccccc1. The van der Waals surface area contributed by atoms with Gasteiger partial charge in [-0.05, 0) is 26.0 Å². The van der Waals surface area contributed by atoms with Crippen molar-refractivity contribution in [3.8, 4) is 0 Å². The molecule has 0 amide bonds. The van der Waals surface area contributed by atoms with Crippen molar-refractivity contribution >= 4 is 5.97 Å². The molecule has 118 valence electrons. The number of likely N-dealkylation sites (N-methyl/N-ethyl adjacent to an activating group) is 1. The van der Waals surface area contributed by atoms with Crippen molar-refractivity contribution in [3.05, 3.63) is 35.9 Å². The largest absolute Gasteiger partial charge is 0.464 e. The van der Waals surface area contributed by atoms with Gasteiger partial charge in [0.15, 0.2) is 5.54 Å². The van der Waals surface area contributed by atoms with Gasteiger partial charge in [-0.25, -0.2) is 4.79 Å². The zero-order valence-electron chi connectivity index (χ0n) is 13.2. The van der Waals surface area contributed by atoms with Crippen LogP contribution in [-0.2, 0) is 19.8 Å². The van der Waals surface area contributed by atoms with Crippen molar-refractivity contribution in [2.24, 2.45) is 5.73 Å². The summed E-state index contributed by atoms with van der Waals surface area (Å²) in [5.41, 5.74) is 6.02. The Morgan fingerprint density at radius 1 is 1.33 bits per heavy atom. The molecule has 1 atom stereocenters. The van der Waals surface area contributed by atoms with Crippen molar-refractivity contribution in [3.63, 3.8) is 0 Å². The molecule has 0 bridgehead atoms. The van der Waals surface area contributed by atoms with E-state index in [4.69, 9.17) is 15.2 Å². The highest BCUT2D eigenvalue weighted by Crippen LogP contribution is 2.21. The summed E-state index contributed by atoms with van der Waals surface area (Å²) in [6.45, 7) is 3.99. The predicted molar refractivity (Wildman–Crippen MR) is 82.9 cm³/mol. The molecular weight excluding hydrogens is 268 g/mol. The summed E-state index contributed by atoms with van der Waals surface area (Å²) < 4.78 is 10.2. The van der Waals surface area contributed by atoms with E-state index in [1.807, 2.05) is 42.3 Å². The maximum absolute atomic E-state index is 12.3. The van der Waals surface area contributed by atoms with Gasteiger partial charge in [-0.15, -0.1) is 0 Å². The van der Waals surface area contributed by atoms with Crippen molar-refractivity contribution < 1.29 is 14.3 Å². The molecule has 0 aliphatic heterocycles. The molecular formula is C16H26N2O3. The molecule has 21 heavy (non-hydrogen) atoms. The van der Waals surface area contributed by atoms with E-state index in [0.717, 1.165) is 18.5 Å². The second-order valence-corrected chi connectivity index (χ2v) is 5.14. The standard InChI is InChI=1S/C16H26N2O3/c1-4-21-15(19)16(17,14-9-6-5-7-10-14)13-18(2)11-8-12-20-3/h5-7,9-10H,4,8,11-13,17H2,1-3H3. The number of carbonyl (C=O) groups excluding carboxylic acids is 1. The molecule has 1 aromatic carbocycles. The highest BCUT2D eigenvalue weighted by molar-refractivity contribution is 5.82. The number of ether oxygens (including phenoxy) is 2. The molecule has 0 aliphatic rings. The topological polar surface area (TPSA) is 64.8 Å². The molecule has 0 heterocycles. The lowest BCUT2D eigenvalue weighted by Gasteiger charge is -2.32. The Morgan fingerprint density at radius 3 is 2.57 bits per heavy atom. The fourth-order valence-corrected chi connectivity index (χ4v) is 2.25. The maximum Gasteiger partial charge on any atom is 0.332 e. The number of nitrogens with two attached hydrogens (primary N) is 1. The summed E-state index contributed by atoms with van der Waals surface area (Å²) in [6, 6.07) is 9.37. The number of esters is 1. The van der Waals surface area contributed by atoms with Crippen LogP contribution >= 0.6 is 0 Å². The van der Waals surface area contributed by atoms with Gasteiger partial charge >= 0.3 is 5.97 Å². The molecule has 0 spiro atoms. The van der Waals surface area contributed by atoms with Gasteiger partial charge in [0, 0.05) is 26.8 Å². The summed E-state index contributed by atoms with van der Waals surface area (Å²) in [7, 11) is 3.62. The Balaban J connectivity index is 2.85. The summed E-state index contributed by atoms with van der Waals surface area (Å²) in [5.74, 6) is -0.394. The average molecular weight is 294 g/mol. The molecule has 2 N–H and O–H groups in total. The van der Waals surface area contributed by atoms with Gasteiger partial charge in [-0.1, -0.05) is 30.3 Å². The third kappa shape index (κ3) is 5.12. The van der Waals surface area contributed by atoms with Crippen LogP contribution in [0.3, 0.4) is 0 Å². The number of hydrogen-bond donors (Lipinski definition) is 1. The molecule has 1 aromatic rings. The summed E-state index contributed by atoms with van der Waals surface area (Å²) in [6.07, 6.45) is 0.890. The fraction of sp³-hybridized carbons (Fsp3) is 0.562. The first-order valence-corrected chi connectivity index (χ1v) is 7.23. The van der Waals surface area contributed by atoms with E-state index in [1.54, 1.807) is 14.0 Å². The Hall–Kier alpha value is -1.43. The Bertz CT molecular complexity index is 425. The zero-order chi connectivity index (χ0) is 15.7. The Morgan fingerprint density at radius 2 is 2.00 bits per heavy atom. The van der Waals surface area contributed by atoms with E-state index in [0.29, 0.717) is 19.8 Å². The van der Waals surface area contributed by atoms with Gasteiger partial charge < -0.3 is 20.1 Å². The molecule has 0 radical (unpaired) electrons. The molecule has 5 heteroatoms. The molecule has 5 nitrogen and oxygen atoms in total. The second-order valence-electron chi connectivity index (χ2n) is 5.14. The highest BCUT2D eigenvalue weighted by atomic mass is 16.5. The Labute approximate surface area is 127 Å². The van der Waals surface area contributed by atoms with Gasteiger partial charge in [-0.2, -0.15) is 0 Å². The van der Waals surface area contributed by atoms with Crippen LogP contribution < -0.4 is 5.73 Å². The van der Waals surface area contributed by atoms with Gasteiger partial charge in [0.05, 0.1) is 6.61 Å². The summed E-state index contributed by atoms with van der Waals surface area (Å²) in [4.78, 5) is 14.4. The maximum atomic E-state index is 12.3. The first-order chi connectivity index (χ1) is 10.0. The van der Waals surface area contributed by atoms with E-state index in [2.05, 4.69) is 0 Å². The van der Waals surface area contributed by atoms with Crippen molar-refractivity contribution in [1.82, 2.24) is 4.90 Å². The molecule has 0 saturated carbocycles. The van der Waals surface area contributed by atoms with Crippen LogP contribution in [0.2, 0.25) is 0 Å². The fourth-order valence-electron chi connectivity index (χ4n) is 2.25. The number of benzene rings is 1. The highest BCUT2D eigenvalue weighted by Gasteiger charge is 2.38. The third-order valence-corrected chi connectivity index (χ3v) is 3.34. The van der Waals surface area contributed by atoms with Crippen LogP contribution in [0.25, 0.3) is 0 Å². The second kappa shape index (κ2) is 8.77. The lowest BCUT2D eigenvalue weighted by molar-refractivity contribution is -0.150. The van der Waals surface area contributed by atoms with Crippen LogP contribution in [0.15, 0.2) is 30.3 Å². The summed E-state index contributed by atoms with van der Waals surface area (Å²) in [5, 5.41) is 0. The minimum Gasteiger partial charge on any atom is -0.464 e. The lowest BCUT2D eigenvalue weighted by Crippen LogP contribution is -2.53. The van der Waals surface area contributed by atoms with Crippen LogP contribution in [0, 0.1) is 0 Å². The lowest BCUT2D eigenvalue weighted by atomic mass is 9.90. The van der Waals surface area contributed by atoms with Gasteiger partial charge in [-0.3, -0.25) is 0 Å². The zero-order valence-corrected chi connectivity index (χ0v) is 13.2. The minimum absolute atomic E-state index is 0.317. The van der Waals surface area contributed by atoms with E-state index in [-0.39, 0.29) is 0 Å². The van der Waals surface area contributed by atoms with E-state index >= 15 is 0 Å². The normalized spacial score (nSPS) is 14.0. The molecule has 1 unspecified atom stereocenters. The quantitative estimate of drug-likeness (QED) is 0.550. The number of methoxy groups -OCH3 is 1. The summed E-state index contributed by atoms with van der Waals surface area (Å²) >= 11 is 0. The first-order valence-electron chi connectivity index (χ1n) is 7.23. The van der Waals surface area contributed by atoms with E-state index < -0.39 is 11.5 Å². The van der Waals surface area contributed by atoms with Gasteiger partial charge in [0.1, 0.15) is 0 Å². The number of nitrogens with zero attached hydrogens (tertiary/aromatic N) is 1. The van der Waals surface area contributed by atoms with Crippen LogP contribution in [0.5, 0.6) is 0 Å². The third-order valence-electron chi connectivity index (χ3n) is 3.34. The van der Waals surface area contributed by atoms with E-state index in [9.17, 15) is 4.79 Å². The predicted octanol–water partition coefficient (Wildman–Crippen LogP) is 1.37. The molecule has 0 saturated heterocycles. The Kier molecular flexibility index (Phi) is 7.36. The van der Waals surface area contributed by atoms with Crippen molar-refractivity contribution in [1.29, 1.82) is 0 Å². The van der Waals surface area contributed by atoms with Crippen molar-refractivity contribution in [2.75, 3.05) is 40.5 Å². The number of rotatable bonds is 9. The number of carbonyl (C=O) groups is 1. The van der Waals surface area contributed by atoms with Crippen LogP contribution in [0.4, 0.5) is 0 Å². The monoisotopic (exact) mass is 294 g/mol. The van der Waals surface area contributed by atoms with Gasteiger partial charge in [0.2, 0.25) is 0 Å². The first kappa shape index (κ1) is 17.6. The number of hydrogen-bond acceptors (Lipinski definition) is 5. The van der Waals surface area contributed by atoms with E-state index in [1.165, 1.54) is 0 Å². The molecule has 0 aromatic heterocycles. The molecule has 0 aliphatic carbocycles. The average Bonchev–Trinajstić information content (AvgIpc) is 2.48. The molecule has 1 rings (SSSR count). The molecule has 0 fully saturated rings.